The van der Waals surface area contributed by atoms with Gasteiger partial charge in [0.1, 0.15) is 0 Å². The smallest absolute Gasteiger partial charge is 0.336 e. The van der Waals surface area contributed by atoms with Crippen LogP contribution in [0.3, 0.4) is 0 Å². The summed E-state index contributed by atoms with van der Waals surface area (Å²) in [6.07, 6.45) is 0. The van der Waals surface area contributed by atoms with Crippen LogP contribution in [0.25, 0.3) is 0 Å². The van der Waals surface area contributed by atoms with Crippen LogP contribution in [0.15, 0.2) is 12.1 Å². The third-order valence-electron chi connectivity index (χ3n) is 1.90. The summed E-state index contributed by atoms with van der Waals surface area (Å²) in [4.78, 5) is 10.8. The Morgan fingerprint density at radius 3 is 2.64 bits per heavy atom. The third-order valence-corrected chi connectivity index (χ3v) is 1.90. The lowest BCUT2D eigenvalue weighted by molar-refractivity contribution is 0.0693. The van der Waals surface area contributed by atoms with Gasteiger partial charge in [0, 0.05) is 5.56 Å². The number of aryl methyl sites for hydroxylation is 1. The second kappa shape index (κ2) is 3.90. The maximum absolute atomic E-state index is 10.8. The lowest BCUT2D eigenvalue weighted by atomic mass is 9.99. The monoisotopic (exact) mass is 191 g/mol. The molecule has 4 heteroatoms. The second-order valence-electron chi connectivity index (χ2n) is 2.91. The Morgan fingerprint density at radius 1 is 1.57 bits per heavy atom. The van der Waals surface area contributed by atoms with Gasteiger partial charge in [0.2, 0.25) is 0 Å². The summed E-state index contributed by atoms with van der Waals surface area (Å²) < 4.78 is 0. The zero-order valence-electron chi connectivity index (χ0n) is 7.61. The summed E-state index contributed by atoms with van der Waals surface area (Å²) in [6, 6.07) is 4.85. The molecule has 1 aromatic carbocycles. The molecule has 0 atom stereocenters. The number of rotatable bonds is 2. The first kappa shape index (κ1) is 10.2. The number of carboxylic acid groups (broad SMARTS) is 1. The molecule has 1 aromatic rings. The molecule has 0 fully saturated rings. The van der Waals surface area contributed by atoms with Crippen LogP contribution in [0.4, 0.5) is 0 Å². The standard InChI is InChI=1S/C10H9NO3/c1-6-2-7(4-11)9(5-12)8(3-6)10(13)14/h2-3,12H,5H2,1H3,(H,13,14). The molecule has 0 aromatic heterocycles. The molecule has 0 aliphatic rings. The van der Waals surface area contributed by atoms with Crippen LogP contribution in [-0.2, 0) is 6.61 Å². The van der Waals surface area contributed by atoms with Crippen molar-refractivity contribution < 1.29 is 15.0 Å². The van der Waals surface area contributed by atoms with Crippen LogP contribution in [0.1, 0.15) is 27.0 Å². The Hall–Kier alpha value is -1.86. The van der Waals surface area contributed by atoms with E-state index in [1.54, 1.807) is 13.0 Å². The van der Waals surface area contributed by atoms with E-state index in [4.69, 9.17) is 15.5 Å². The number of aliphatic hydroxyl groups is 1. The number of hydrogen-bond donors (Lipinski definition) is 2. The summed E-state index contributed by atoms with van der Waals surface area (Å²) in [7, 11) is 0. The SMILES string of the molecule is Cc1cc(C#N)c(CO)c(C(=O)O)c1. The van der Waals surface area contributed by atoms with Crippen molar-refractivity contribution in [3.05, 3.63) is 34.4 Å². The van der Waals surface area contributed by atoms with E-state index in [0.717, 1.165) is 0 Å². The predicted octanol–water partition coefficient (Wildman–Crippen LogP) is 1.06. The molecule has 0 saturated heterocycles. The van der Waals surface area contributed by atoms with Gasteiger partial charge in [0.25, 0.3) is 0 Å². The van der Waals surface area contributed by atoms with Crippen molar-refractivity contribution in [2.75, 3.05) is 0 Å². The van der Waals surface area contributed by atoms with Crippen LogP contribution >= 0.6 is 0 Å². The average molecular weight is 191 g/mol. The number of aliphatic hydroxyl groups excluding tert-OH is 1. The zero-order valence-corrected chi connectivity index (χ0v) is 7.61. The Labute approximate surface area is 81.0 Å². The lowest BCUT2D eigenvalue weighted by Gasteiger charge is -2.06. The number of aromatic carboxylic acids is 1. The van der Waals surface area contributed by atoms with Gasteiger partial charge in [-0.1, -0.05) is 0 Å². The number of nitrogens with zero attached hydrogens (tertiary/aromatic N) is 1. The van der Waals surface area contributed by atoms with E-state index < -0.39 is 12.6 Å². The van der Waals surface area contributed by atoms with Gasteiger partial charge in [-0.25, -0.2) is 4.79 Å². The average Bonchev–Trinajstić information content (AvgIpc) is 2.16. The molecule has 2 N–H and O–H groups in total. The summed E-state index contributed by atoms with van der Waals surface area (Å²) in [6.45, 7) is 1.26. The van der Waals surface area contributed by atoms with Gasteiger partial charge in [-0.05, 0) is 24.6 Å². The number of carboxylic acids is 1. The van der Waals surface area contributed by atoms with Gasteiger partial charge in [0.15, 0.2) is 0 Å². The highest BCUT2D eigenvalue weighted by atomic mass is 16.4. The van der Waals surface area contributed by atoms with Gasteiger partial charge in [-0.15, -0.1) is 0 Å². The molecule has 0 spiro atoms. The highest BCUT2D eigenvalue weighted by molar-refractivity contribution is 5.90. The van der Waals surface area contributed by atoms with Gasteiger partial charge in [-0.3, -0.25) is 0 Å². The minimum atomic E-state index is -1.13. The van der Waals surface area contributed by atoms with Gasteiger partial charge in [0.05, 0.1) is 23.8 Å². The molecule has 0 amide bonds. The molecule has 0 unspecified atom stereocenters. The van der Waals surface area contributed by atoms with E-state index in [2.05, 4.69) is 0 Å². The normalized spacial score (nSPS) is 9.50. The fourth-order valence-electron chi connectivity index (χ4n) is 1.28. The fraction of sp³-hybridized carbons (Fsp3) is 0.200. The van der Waals surface area contributed by atoms with E-state index in [9.17, 15) is 4.79 Å². The summed E-state index contributed by atoms with van der Waals surface area (Å²) in [5.74, 6) is -1.13. The van der Waals surface area contributed by atoms with Crippen molar-refractivity contribution >= 4 is 5.97 Å². The zero-order chi connectivity index (χ0) is 10.7. The summed E-state index contributed by atoms with van der Waals surface area (Å²) in [5.41, 5.74) is 1.07. The molecule has 0 radical (unpaired) electrons. The predicted molar refractivity (Wildman–Crippen MR) is 48.8 cm³/mol. The molecular weight excluding hydrogens is 182 g/mol. The van der Waals surface area contributed by atoms with Crippen molar-refractivity contribution in [1.29, 1.82) is 5.26 Å². The number of nitriles is 1. The second-order valence-corrected chi connectivity index (χ2v) is 2.91. The van der Waals surface area contributed by atoms with Gasteiger partial charge >= 0.3 is 5.97 Å². The van der Waals surface area contributed by atoms with Crippen LogP contribution in [0.2, 0.25) is 0 Å². The maximum Gasteiger partial charge on any atom is 0.336 e. The van der Waals surface area contributed by atoms with Crippen molar-refractivity contribution in [3.63, 3.8) is 0 Å². The van der Waals surface area contributed by atoms with Crippen molar-refractivity contribution in [2.45, 2.75) is 13.5 Å². The molecule has 0 aliphatic heterocycles. The Morgan fingerprint density at radius 2 is 2.21 bits per heavy atom. The van der Waals surface area contributed by atoms with E-state index >= 15 is 0 Å². The van der Waals surface area contributed by atoms with Gasteiger partial charge < -0.3 is 10.2 Å². The highest BCUT2D eigenvalue weighted by Gasteiger charge is 2.13. The van der Waals surface area contributed by atoms with Crippen LogP contribution in [-0.4, -0.2) is 16.2 Å². The quantitative estimate of drug-likeness (QED) is 0.732. The van der Waals surface area contributed by atoms with Crippen LogP contribution in [0.5, 0.6) is 0 Å². The Balaban J connectivity index is 3.49. The van der Waals surface area contributed by atoms with E-state index in [1.165, 1.54) is 6.07 Å². The molecule has 0 heterocycles. The Bertz CT molecular complexity index is 418. The van der Waals surface area contributed by atoms with E-state index in [1.807, 2.05) is 6.07 Å². The molecule has 0 bridgehead atoms. The molecule has 0 saturated carbocycles. The lowest BCUT2D eigenvalue weighted by Crippen LogP contribution is -2.05. The van der Waals surface area contributed by atoms with Crippen molar-refractivity contribution in [3.8, 4) is 6.07 Å². The molecule has 0 aliphatic carbocycles. The van der Waals surface area contributed by atoms with Crippen molar-refractivity contribution in [2.24, 2.45) is 0 Å². The molecule has 72 valence electrons. The number of carbonyl (C=O) groups is 1. The third kappa shape index (κ3) is 1.73. The minimum absolute atomic E-state index is 0.0101. The van der Waals surface area contributed by atoms with Crippen LogP contribution in [0, 0.1) is 18.3 Å². The molecule has 4 nitrogen and oxygen atoms in total. The first-order chi connectivity index (χ1) is 6.60. The first-order valence-corrected chi connectivity index (χ1v) is 3.98. The first-order valence-electron chi connectivity index (χ1n) is 3.98. The molecule has 14 heavy (non-hydrogen) atoms. The summed E-state index contributed by atoms with van der Waals surface area (Å²) in [5, 5.41) is 26.5. The number of hydrogen-bond acceptors (Lipinski definition) is 3. The topological polar surface area (TPSA) is 81.3 Å². The molecular formula is C10H9NO3. The Kier molecular flexibility index (Phi) is 2.85. The maximum atomic E-state index is 10.8. The fourth-order valence-corrected chi connectivity index (χ4v) is 1.28. The van der Waals surface area contributed by atoms with E-state index in [0.29, 0.717) is 5.56 Å². The molecule has 1 rings (SSSR count). The van der Waals surface area contributed by atoms with Crippen LogP contribution < -0.4 is 0 Å². The van der Waals surface area contributed by atoms with E-state index in [-0.39, 0.29) is 16.7 Å². The summed E-state index contributed by atoms with van der Waals surface area (Å²) >= 11 is 0. The van der Waals surface area contributed by atoms with Crippen molar-refractivity contribution in [1.82, 2.24) is 0 Å². The van der Waals surface area contributed by atoms with Gasteiger partial charge in [-0.2, -0.15) is 5.26 Å². The largest absolute Gasteiger partial charge is 0.478 e. The minimum Gasteiger partial charge on any atom is -0.478 e. The number of benzene rings is 1. The highest BCUT2D eigenvalue weighted by Crippen LogP contribution is 2.17.